The van der Waals surface area contributed by atoms with Crippen molar-refractivity contribution in [3.63, 3.8) is 0 Å². The highest BCUT2D eigenvalue weighted by molar-refractivity contribution is 7.80. The summed E-state index contributed by atoms with van der Waals surface area (Å²) in [5.74, 6) is -3.70. The van der Waals surface area contributed by atoms with Crippen LogP contribution in [0.2, 0.25) is 0 Å². The van der Waals surface area contributed by atoms with Gasteiger partial charge in [0.15, 0.2) is 0 Å². The van der Waals surface area contributed by atoms with Crippen LogP contribution in [0.5, 0.6) is 0 Å². The van der Waals surface area contributed by atoms with Gasteiger partial charge in [-0.15, -0.1) is 0 Å². The Labute approximate surface area is 157 Å². The number of hydrogen-bond acceptors (Lipinski definition) is 7. The molecule has 0 saturated heterocycles. The number of aliphatic carboxylic acids is 1. The standard InChI is InChI=1S/C15H28N4O6S/c1-6(2)10(13(22)17-7(3)15(24)25)18-14(23)11(8(4)20)19-12(21)9(16)5-26/h6-11,20,26H,5,16H2,1-4H3,(H,17,22)(H,18,23)(H,19,21)(H,24,25). The van der Waals surface area contributed by atoms with E-state index in [1.54, 1.807) is 13.8 Å². The predicted molar refractivity (Wildman–Crippen MR) is 97.4 cm³/mol. The van der Waals surface area contributed by atoms with Crippen LogP contribution in [0.3, 0.4) is 0 Å². The van der Waals surface area contributed by atoms with Crippen LogP contribution < -0.4 is 21.7 Å². The van der Waals surface area contributed by atoms with Crippen molar-refractivity contribution in [1.29, 1.82) is 0 Å². The van der Waals surface area contributed by atoms with Crippen molar-refractivity contribution in [2.45, 2.75) is 58.0 Å². The van der Waals surface area contributed by atoms with E-state index >= 15 is 0 Å². The second-order valence-electron chi connectivity index (χ2n) is 6.31. The van der Waals surface area contributed by atoms with E-state index in [4.69, 9.17) is 10.8 Å². The quantitative estimate of drug-likeness (QED) is 0.207. The maximum absolute atomic E-state index is 12.4. The van der Waals surface area contributed by atoms with Gasteiger partial charge in [-0.1, -0.05) is 13.8 Å². The highest BCUT2D eigenvalue weighted by Gasteiger charge is 2.32. The Bertz CT molecular complexity index is 528. The molecule has 0 aliphatic rings. The number of amides is 3. The summed E-state index contributed by atoms with van der Waals surface area (Å²) in [6.45, 7) is 5.90. The van der Waals surface area contributed by atoms with Gasteiger partial charge < -0.3 is 31.9 Å². The Balaban J connectivity index is 5.17. The minimum absolute atomic E-state index is 0.0457. The molecule has 7 N–H and O–H groups in total. The molecule has 0 aromatic heterocycles. The fourth-order valence-electron chi connectivity index (χ4n) is 1.89. The molecule has 11 heteroatoms. The van der Waals surface area contributed by atoms with Crippen LogP contribution >= 0.6 is 12.6 Å². The molecule has 10 nitrogen and oxygen atoms in total. The van der Waals surface area contributed by atoms with Gasteiger partial charge in [-0.3, -0.25) is 19.2 Å². The molecule has 0 saturated carbocycles. The molecule has 0 aliphatic carbocycles. The first kappa shape index (κ1) is 24.1. The molecular weight excluding hydrogens is 364 g/mol. The number of carboxylic acids is 1. The first-order valence-electron chi connectivity index (χ1n) is 8.10. The molecule has 0 heterocycles. The lowest BCUT2D eigenvalue weighted by Gasteiger charge is -2.27. The lowest BCUT2D eigenvalue weighted by atomic mass is 10.0. The summed E-state index contributed by atoms with van der Waals surface area (Å²) in [5.41, 5.74) is 5.52. The first-order valence-corrected chi connectivity index (χ1v) is 8.74. The van der Waals surface area contributed by atoms with Crippen LogP contribution in [0, 0.1) is 5.92 Å². The Kier molecular flexibility index (Phi) is 10.2. The Hall–Kier alpha value is -1.85. The molecule has 3 amide bonds. The predicted octanol–water partition coefficient (Wildman–Crippen LogP) is -2.16. The third-order valence-corrected chi connectivity index (χ3v) is 3.97. The van der Waals surface area contributed by atoms with Crippen molar-refractivity contribution in [3.05, 3.63) is 0 Å². The molecule has 0 aromatic rings. The fraction of sp³-hybridized carbons (Fsp3) is 0.733. The van der Waals surface area contributed by atoms with E-state index in [2.05, 4.69) is 28.6 Å². The van der Waals surface area contributed by atoms with E-state index in [-0.39, 0.29) is 11.7 Å². The summed E-state index contributed by atoms with van der Waals surface area (Å²) < 4.78 is 0. The number of carbonyl (C=O) groups is 4. The minimum atomic E-state index is -1.33. The molecule has 0 radical (unpaired) electrons. The minimum Gasteiger partial charge on any atom is -0.480 e. The molecule has 26 heavy (non-hydrogen) atoms. The number of nitrogens with one attached hydrogen (secondary N) is 3. The van der Waals surface area contributed by atoms with E-state index in [9.17, 15) is 24.3 Å². The summed E-state index contributed by atoms with van der Waals surface area (Å²) in [7, 11) is 0. The number of carboxylic acid groups (broad SMARTS) is 1. The number of thiol groups is 1. The maximum Gasteiger partial charge on any atom is 0.325 e. The Morgan fingerprint density at radius 1 is 0.923 bits per heavy atom. The SMILES string of the molecule is CC(NC(=O)C(NC(=O)C(NC(=O)C(N)CS)C(C)O)C(C)C)C(=O)O. The van der Waals surface area contributed by atoms with E-state index in [1.165, 1.54) is 13.8 Å². The molecule has 0 spiro atoms. The first-order chi connectivity index (χ1) is 11.9. The zero-order valence-corrected chi connectivity index (χ0v) is 16.1. The normalized spacial score (nSPS) is 16.8. The van der Waals surface area contributed by atoms with Crippen molar-refractivity contribution in [2.24, 2.45) is 11.7 Å². The maximum atomic E-state index is 12.4. The molecule has 5 unspecified atom stereocenters. The van der Waals surface area contributed by atoms with Gasteiger partial charge in [-0.05, 0) is 19.8 Å². The van der Waals surface area contributed by atoms with Crippen molar-refractivity contribution >= 4 is 36.3 Å². The summed E-state index contributed by atoms with van der Waals surface area (Å²) in [6.07, 6.45) is -1.25. The van der Waals surface area contributed by atoms with E-state index in [0.29, 0.717) is 0 Å². The van der Waals surface area contributed by atoms with Gasteiger partial charge in [0, 0.05) is 5.75 Å². The summed E-state index contributed by atoms with van der Waals surface area (Å²) in [6, 6.07) is -4.49. The summed E-state index contributed by atoms with van der Waals surface area (Å²) >= 11 is 3.89. The second-order valence-corrected chi connectivity index (χ2v) is 6.68. The lowest BCUT2D eigenvalue weighted by molar-refractivity contribution is -0.142. The second kappa shape index (κ2) is 11.0. The average Bonchev–Trinajstić information content (AvgIpc) is 2.55. The molecule has 0 rings (SSSR count). The van der Waals surface area contributed by atoms with Crippen molar-refractivity contribution in [1.82, 2.24) is 16.0 Å². The van der Waals surface area contributed by atoms with E-state index in [1.807, 2.05) is 0 Å². The highest BCUT2D eigenvalue weighted by atomic mass is 32.1. The molecule has 150 valence electrons. The fourth-order valence-corrected chi connectivity index (χ4v) is 2.06. The van der Waals surface area contributed by atoms with Gasteiger partial charge in [-0.25, -0.2) is 0 Å². The van der Waals surface area contributed by atoms with E-state index < -0.39 is 54.0 Å². The van der Waals surface area contributed by atoms with Crippen molar-refractivity contribution < 1.29 is 29.4 Å². The van der Waals surface area contributed by atoms with Gasteiger partial charge >= 0.3 is 5.97 Å². The van der Waals surface area contributed by atoms with Crippen LogP contribution in [0.4, 0.5) is 0 Å². The number of aliphatic hydroxyl groups is 1. The average molecular weight is 392 g/mol. The topological polar surface area (TPSA) is 171 Å². The van der Waals surface area contributed by atoms with Gasteiger partial charge in [-0.2, -0.15) is 12.6 Å². The summed E-state index contributed by atoms with van der Waals surface area (Å²) in [5, 5.41) is 25.7. The van der Waals surface area contributed by atoms with Gasteiger partial charge in [0.1, 0.15) is 18.1 Å². The molecule has 0 fully saturated rings. The third-order valence-electron chi connectivity index (χ3n) is 3.57. The van der Waals surface area contributed by atoms with Gasteiger partial charge in [0.05, 0.1) is 12.1 Å². The molecule has 0 aromatic carbocycles. The highest BCUT2D eigenvalue weighted by Crippen LogP contribution is 2.05. The third kappa shape index (κ3) is 7.58. The Morgan fingerprint density at radius 2 is 1.38 bits per heavy atom. The molecule has 5 atom stereocenters. The molecule has 0 bridgehead atoms. The van der Waals surface area contributed by atoms with Gasteiger partial charge in [0.25, 0.3) is 0 Å². The molecular formula is C15H28N4O6S. The lowest BCUT2D eigenvalue weighted by Crippen LogP contribution is -2.60. The zero-order chi connectivity index (χ0) is 20.6. The Morgan fingerprint density at radius 3 is 1.77 bits per heavy atom. The van der Waals surface area contributed by atoms with Crippen molar-refractivity contribution in [3.8, 4) is 0 Å². The summed E-state index contributed by atoms with van der Waals surface area (Å²) in [4.78, 5) is 47.4. The largest absolute Gasteiger partial charge is 0.480 e. The van der Waals surface area contributed by atoms with Crippen LogP contribution in [-0.4, -0.2) is 69.9 Å². The number of hydrogen-bond donors (Lipinski definition) is 7. The number of carbonyl (C=O) groups excluding carboxylic acids is 3. The smallest absolute Gasteiger partial charge is 0.325 e. The number of rotatable bonds is 10. The van der Waals surface area contributed by atoms with Crippen molar-refractivity contribution in [2.75, 3.05) is 5.75 Å². The van der Waals surface area contributed by atoms with E-state index in [0.717, 1.165) is 0 Å². The number of nitrogens with two attached hydrogens (primary N) is 1. The zero-order valence-electron chi connectivity index (χ0n) is 15.2. The number of aliphatic hydroxyl groups excluding tert-OH is 1. The monoisotopic (exact) mass is 392 g/mol. The van der Waals surface area contributed by atoms with Crippen LogP contribution in [0.25, 0.3) is 0 Å². The van der Waals surface area contributed by atoms with Gasteiger partial charge in [0.2, 0.25) is 17.7 Å². The molecule has 0 aliphatic heterocycles. The van der Waals surface area contributed by atoms with Crippen LogP contribution in [0.15, 0.2) is 0 Å². The van der Waals surface area contributed by atoms with Crippen LogP contribution in [0.1, 0.15) is 27.7 Å². The van der Waals surface area contributed by atoms with Crippen LogP contribution in [-0.2, 0) is 19.2 Å².